The van der Waals surface area contributed by atoms with Crippen molar-refractivity contribution < 1.29 is 4.79 Å². The predicted octanol–water partition coefficient (Wildman–Crippen LogP) is 2.24. The van der Waals surface area contributed by atoms with Crippen LogP contribution in [0.2, 0.25) is 5.02 Å². The first kappa shape index (κ1) is 15.3. The molecule has 0 aliphatic carbocycles. The van der Waals surface area contributed by atoms with E-state index in [4.69, 9.17) is 11.6 Å². The smallest absolute Gasteiger partial charge is 0.269 e. The van der Waals surface area contributed by atoms with Gasteiger partial charge in [0.05, 0.1) is 11.9 Å². The Morgan fingerprint density at radius 3 is 2.76 bits per heavy atom. The summed E-state index contributed by atoms with van der Waals surface area (Å²) in [7, 11) is 1.87. The number of halogens is 1. The number of carbonyl (C=O) groups excluding carboxylic acids is 1. The molecule has 1 aromatic heterocycles. The summed E-state index contributed by atoms with van der Waals surface area (Å²) in [5.74, 6) is -0.205. The highest BCUT2D eigenvalue weighted by atomic mass is 35.5. The van der Waals surface area contributed by atoms with Crippen molar-refractivity contribution in [2.45, 2.75) is 13.5 Å². The summed E-state index contributed by atoms with van der Waals surface area (Å²) < 4.78 is 1.15. The molecule has 0 amide bonds. The third kappa shape index (κ3) is 3.70. The SMILES string of the molecule is CCN(C)c1cnn(CC(=O)c2cccc(Cl)c2)c(=O)c1. The van der Waals surface area contributed by atoms with Crippen LogP contribution in [-0.4, -0.2) is 29.2 Å². The van der Waals surface area contributed by atoms with Crippen LogP contribution in [0.3, 0.4) is 0 Å². The standard InChI is InChI=1S/C15H16ClN3O2/c1-3-18(2)13-8-15(21)19(17-9-13)10-14(20)11-5-4-6-12(16)7-11/h4-9H,3,10H2,1-2H3. The quantitative estimate of drug-likeness (QED) is 0.795. The molecule has 2 aromatic rings. The molecule has 21 heavy (non-hydrogen) atoms. The lowest BCUT2D eigenvalue weighted by atomic mass is 10.1. The van der Waals surface area contributed by atoms with Gasteiger partial charge >= 0.3 is 0 Å². The molecule has 110 valence electrons. The van der Waals surface area contributed by atoms with E-state index in [1.807, 2.05) is 18.9 Å². The number of ketones is 1. The van der Waals surface area contributed by atoms with Crippen molar-refractivity contribution in [3.8, 4) is 0 Å². The van der Waals surface area contributed by atoms with E-state index in [9.17, 15) is 9.59 Å². The van der Waals surface area contributed by atoms with Gasteiger partial charge in [-0.05, 0) is 19.1 Å². The lowest BCUT2D eigenvalue weighted by Crippen LogP contribution is -2.28. The Morgan fingerprint density at radius 1 is 1.38 bits per heavy atom. The van der Waals surface area contributed by atoms with Crippen molar-refractivity contribution in [2.24, 2.45) is 0 Å². The van der Waals surface area contributed by atoms with Gasteiger partial charge in [-0.1, -0.05) is 23.7 Å². The maximum absolute atomic E-state index is 12.1. The number of Topliss-reactive ketones (excluding diaryl/α,β-unsaturated/α-hetero) is 1. The van der Waals surface area contributed by atoms with Gasteiger partial charge in [-0.15, -0.1) is 0 Å². The van der Waals surface area contributed by atoms with Crippen LogP contribution >= 0.6 is 11.6 Å². The minimum Gasteiger partial charge on any atom is -0.373 e. The molecule has 0 spiro atoms. The Labute approximate surface area is 127 Å². The van der Waals surface area contributed by atoms with E-state index in [0.29, 0.717) is 10.6 Å². The number of rotatable bonds is 5. The first-order valence-corrected chi connectivity index (χ1v) is 6.96. The zero-order valence-corrected chi connectivity index (χ0v) is 12.7. The van der Waals surface area contributed by atoms with Crippen LogP contribution < -0.4 is 10.5 Å². The summed E-state index contributed by atoms with van der Waals surface area (Å²) in [5.41, 5.74) is 0.892. The molecule has 0 saturated heterocycles. The van der Waals surface area contributed by atoms with E-state index in [-0.39, 0.29) is 17.9 Å². The first-order valence-electron chi connectivity index (χ1n) is 6.58. The molecule has 0 aliphatic heterocycles. The van der Waals surface area contributed by atoms with Crippen LogP contribution in [0.15, 0.2) is 41.3 Å². The van der Waals surface area contributed by atoms with Crippen LogP contribution in [-0.2, 0) is 6.54 Å². The number of nitrogens with zero attached hydrogens (tertiary/aromatic N) is 3. The average Bonchev–Trinajstić information content (AvgIpc) is 2.48. The highest BCUT2D eigenvalue weighted by molar-refractivity contribution is 6.31. The van der Waals surface area contributed by atoms with E-state index >= 15 is 0 Å². The van der Waals surface area contributed by atoms with E-state index in [0.717, 1.165) is 16.9 Å². The van der Waals surface area contributed by atoms with E-state index in [2.05, 4.69) is 5.10 Å². The lowest BCUT2D eigenvalue weighted by molar-refractivity contribution is 0.0965. The topological polar surface area (TPSA) is 55.2 Å². The number of aromatic nitrogens is 2. The third-order valence-corrected chi connectivity index (χ3v) is 3.45. The molecule has 0 bridgehead atoms. The average molecular weight is 306 g/mol. The fourth-order valence-corrected chi connectivity index (χ4v) is 2.01. The summed E-state index contributed by atoms with van der Waals surface area (Å²) in [4.78, 5) is 26.0. The van der Waals surface area contributed by atoms with E-state index < -0.39 is 0 Å². The van der Waals surface area contributed by atoms with Gasteiger partial charge in [0.25, 0.3) is 5.56 Å². The van der Waals surface area contributed by atoms with Crippen LogP contribution in [0, 0.1) is 0 Å². The van der Waals surface area contributed by atoms with Crippen molar-refractivity contribution in [3.63, 3.8) is 0 Å². The number of carbonyl (C=O) groups is 1. The largest absolute Gasteiger partial charge is 0.373 e. The Balaban J connectivity index is 2.20. The molecule has 6 heteroatoms. The summed E-state index contributed by atoms with van der Waals surface area (Å²) >= 11 is 5.85. The Hall–Kier alpha value is -2.14. The number of hydrogen-bond donors (Lipinski definition) is 0. The monoisotopic (exact) mass is 305 g/mol. The Morgan fingerprint density at radius 2 is 2.14 bits per heavy atom. The third-order valence-electron chi connectivity index (χ3n) is 3.21. The second-order valence-electron chi connectivity index (χ2n) is 4.66. The van der Waals surface area contributed by atoms with Gasteiger partial charge in [-0.25, -0.2) is 4.68 Å². The van der Waals surface area contributed by atoms with Gasteiger partial charge in [0.1, 0.15) is 6.54 Å². The Kier molecular flexibility index (Phi) is 4.75. The van der Waals surface area contributed by atoms with Crippen molar-refractivity contribution in [1.29, 1.82) is 0 Å². The maximum atomic E-state index is 12.1. The normalized spacial score (nSPS) is 10.4. The number of benzene rings is 1. The molecular formula is C15H16ClN3O2. The molecule has 2 rings (SSSR count). The van der Waals surface area contributed by atoms with Crippen molar-refractivity contribution in [1.82, 2.24) is 9.78 Å². The van der Waals surface area contributed by atoms with Gasteiger partial charge in [0, 0.05) is 30.2 Å². The van der Waals surface area contributed by atoms with Crippen molar-refractivity contribution in [3.05, 3.63) is 57.5 Å². The molecule has 1 heterocycles. The molecule has 0 N–H and O–H groups in total. The van der Waals surface area contributed by atoms with Gasteiger partial charge in [-0.3, -0.25) is 9.59 Å². The Bertz CT molecular complexity index is 712. The van der Waals surface area contributed by atoms with Gasteiger partial charge in [-0.2, -0.15) is 5.10 Å². The molecule has 0 saturated carbocycles. The maximum Gasteiger partial charge on any atom is 0.269 e. The number of anilines is 1. The van der Waals surface area contributed by atoms with Crippen LogP contribution in [0.5, 0.6) is 0 Å². The summed E-state index contributed by atoms with van der Waals surface area (Å²) in [5, 5.41) is 4.53. The summed E-state index contributed by atoms with van der Waals surface area (Å²) in [6.45, 7) is 2.65. The summed E-state index contributed by atoms with van der Waals surface area (Å²) in [6.07, 6.45) is 1.58. The fourth-order valence-electron chi connectivity index (χ4n) is 1.82. The zero-order chi connectivity index (χ0) is 15.4. The van der Waals surface area contributed by atoms with Crippen molar-refractivity contribution in [2.75, 3.05) is 18.5 Å². The summed E-state index contributed by atoms with van der Waals surface area (Å²) in [6, 6.07) is 8.11. The highest BCUT2D eigenvalue weighted by Crippen LogP contribution is 2.12. The minimum atomic E-state index is -0.303. The zero-order valence-electron chi connectivity index (χ0n) is 11.9. The highest BCUT2D eigenvalue weighted by Gasteiger charge is 2.10. The lowest BCUT2D eigenvalue weighted by Gasteiger charge is -2.16. The van der Waals surface area contributed by atoms with E-state index in [1.165, 1.54) is 6.07 Å². The second-order valence-corrected chi connectivity index (χ2v) is 5.09. The van der Waals surface area contributed by atoms with Gasteiger partial charge in [0.2, 0.25) is 0 Å². The van der Waals surface area contributed by atoms with Crippen molar-refractivity contribution >= 4 is 23.1 Å². The molecule has 5 nitrogen and oxygen atoms in total. The van der Waals surface area contributed by atoms with Crippen LogP contribution in [0.1, 0.15) is 17.3 Å². The van der Waals surface area contributed by atoms with Gasteiger partial charge in [0.15, 0.2) is 5.78 Å². The molecule has 0 unspecified atom stereocenters. The second kappa shape index (κ2) is 6.54. The minimum absolute atomic E-state index is 0.102. The van der Waals surface area contributed by atoms with Crippen LogP contribution in [0.4, 0.5) is 5.69 Å². The number of hydrogen-bond acceptors (Lipinski definition) is 4. The predicted molar refractivity (Wildman–Crippen MR) is 83.2 cm³/mol. The van der Waals surface area contributed by atoms with Gasteiger partial charge < -0.3 is 4.90 Å². The fraction of sp³-hybridized carbons (Fsp3) is 0.267. The van der Waals surface area contributed by atoms with Crippen LogP contribution in [0.25, 0.3) is 0 Å². The molecule has 0 radical (unpaired) electrons. The molecule has 1 aromatic carbocycles. The molecule has 0 fully saturated rings. The molecular weight excluding hydrogens is 290 g/mol. The van der Waals surface area contributed by atoms with E-state index in [1.54, 1.807) is 30.5 Å². The molecule has 0 atom stereocenters. The first-order chi connectivity index (χ1) is 10.0. The molecule has 0 aliphatic rings.